The Kier molecular flexibility index (Phi) is 7.14. The van der Waals surface area contributed by atoms with Crippen LogP contribution in [0.15, 0.2) is 40.8 Å². The highest BCUT2D eigenvalue weighted by Crippen LogP contribution is 2.20. The molecule has 0 radical (unpaired) electrons. The summed E-state index contributed by atoms with van der Waals surface area (Å²) in [7, 11) is 0. The topological polar surface area (TPSA) is 12.0 Å². The van der Waals surface area contributed by atoms with Gasteiger partial charge in [-0.1, -0.05) is 36.3 Å². The van der Waals surface area contributed by atoms with Gasteiger partial charge in [0.25, 0.3) is 0 Å². The Labute approximate surface area is 116 Å². The number of hydrogen-bond acceptors (Lipinski definition) is 2. The van der Waals surface area contributed by atoms with Crippen molar-refractivity contribution in [3.8, 4) is 0 Å². The smallest absolute Gasteiger partial charge is 0.0347 e. The van der Waals surface area contributed by atoms with Gasteiger partial charge in [0, 0.05) is 16.7 Å². The zero-order valence-corrected chi connectivity index (χ0v) is 12.8. The van der Waals surface area contributed by atoms with E-state index in [1.54, 1.807) is 0 Å². The molecule has 0 saturated carbocycles. The lowest BCUT2D eigenvalue weighted by molar-refractivity contribution is 0.627. The van der Waals surface area contributed by atoms with Crippen LogP contribution in [-0.2, 0) is 0 Å². The molecule has 0 aromatic heterocycles. The van der Waals surface area contributed by atoms with E-state index in [0.717, 1.165) is 12.3 Å². The molecule has 1 nitrogen and oxygen atoms in total. The van der Waals surface area contributed by atoms with E-state index in [4.69, 9.17) is 0 Å². The maximum Gasteiger partial charge on any atom is 0.0347 e. The summed E-state index contributed by atoms with van der Waals surface area (Å²) in [5.74, 6) is 1.09. The van der Waals surface area contributed by atoms with E-state index in [9.17, 15) is 0 Å². The van der Waals surface area contributed by atoms with Crippen LogP contribution in [0.25, 0.3) is 0 Å². The second-order valence-corrected chi connectivity index (χ2v) is 6.03. The summed E-state index contributed by atoms with van der Waals surface area (Å²) < 4.78 is 0. The van der Waals surface area contributed by atoms with E-state index in [-0.39, 0.29) is 0 Å². The molecular weight excluding hydrogens is 238 g/mol. The van der Waals surface area contributed by atoms with Crippen LogP contribution in [0.3, 0.4) is 0 Å². The minimum atomic E-state index is 0.473. The van der Waals surface area contributed by atoms with Crippen molar-refractivity contribution in [3.63, 3.8) is 0 Å². The Bertz CT molecular complexity index is 380. The largest absolute Gasteiger partial charge is 0.310 e. The molecule has 0 bridgehead atoms. The molecule has 1 aromatic carbocycles. The van der Waals surface area contributed by atoms with Gasteiger partial charge in [-0.25, -0.2) is 0 Å². The molecule has 1 aromatic rings. The zero-order valence-electron chi connectivity index (χ0n) is 12.0. The summed E-state index contributed by atoms with van der Waals surface area (Å²) in [5.41, 5.74) is 2.72. The van der Waals surface area contributed by atoms with Gasteiger partial charge >= 0.3 is 0 Å². The SMILES string of the molecule is CCCNC(C=C(C)C)CSc1cccc(C)c1. The van der Waals surface area contributed by atoms with Crippen molar-refractivity contribution in [2.45, 2.75) is 45.1 Å². The van der Waals surface area contributed by atoms with Crippen molar-refractivity contribution < 1.29 is 0 Å². The van der Waals surface area contributed by atoms with Crippen molar-refractivity contribution in [2.24, 2.45) is 0 Å². The number of nitrogens with one attached hydrogen (secondary N) is 1. The van der Waals surface area contributed by atoms with Crippen molar-refractivity contribution in [2.75, 3.05) is 12.3 Å². The number of benzene rings is 1. The van der Waals surface area contributed by atoms with Crippen LogP contribution in [0.2, 0.25) is 0 Å². The quantitative estimate of drug-likeness (QED) is 0.577. The molecule has 0 aliphatic heterocycles. The molecular formula is C16H25NS. The molecule has 18 heavy (non-hydrogen) atoms. The molecule has 1 atom stereocenters. The lowest BCUT2D eigenvalue weighted by Crippen LogP contribution is -2.30. The van der Waals surface area contributed by atoms with E-state index in [2.05, 4.69) is 63.4 Å². The molecule has 0 aliphatic carbocycles. The Hall–Kier alpha value is -0.730. The van der Waals surface area contributed by atoms with Crippen LogP contribution in [0.4, 0.5) is 0 Å². The van der Waals surface area contributed by atoms with E-state index in [1.165, 1.54) is 22.5 Å². The normalized spacial score (nSPS) is 12.2. The predicted molar refractivity (Wildman–Crippen MR) is 83.4 cm³/mol. The average Bonchev–Trinajstić information content (AvgIpc) is 2.32. The maximum atomic E-state index is 3.59. The van der Waals surface area contributed by atoms with Gasteiger partial charge in [-0.3, -0.25) is 0 Å². The summed E-state index contributed by atoms with van der Waals surface area (Å²) in [5, 5.41) is 3.59. The van der Waals surface area contributed by atoms with E-state index >= 15 is 0 Å². The predicted octanol–water partition coefficient (Wildman–Crippen LogP) is 4.42. The van der Waals surface area contributed by atoms with Gasteiger partial charge in [-0.05, 0) is 45.9 Å². The van der Waals surface area contributed by atoms with Gasteiger partial charge in [-0.15, -0.1) is 11.8 Å². The first-order chi connectivity index (χ1) is 8.61. The third-order valence-electron chi connectivity index (χ3n) is 2.61. The minimum Gasteiger partial charge on any atom is -0.310 e. The second-order valence-electron chi connectivity index (χ2n) is 4.93. The summed E-state index contributed by atoms with van der Waals surface area (Å²) in [4.78, 5) is 1.36. The van der Waals surface area contributed by atoms with Crippen molar-refractivity contribution in [1.29, 1.82) is 0 Å². The minimum absolute atomic E-state index is 0.473. The molecule has 2 heteroatoms. The summed E-state index contributed by atoms with van der Waals surface area (Å²) in [6.07, 6.45) is 3.51. The van der Waals surface area contributed by atoms with E-state index < -0.39 is 0 Å². The lowest BCUT2D eigenvalue weighted by atomic mass is 10.2. The van der Waals surface area contributed by atoms with Gasteiger partial charge in [0.05, 0.1) is 0 Å². The molecule has 0 spiro atoms. The third kappa shape index (κ3) is 6.27. The molecule has 0 saturated heterocycles. The molecule has 100 valence electrons. The fraction of sp³-hybridized carbons (Fsp3) is 0.500. The first-order valence-corrected chi connectivity index (χ1v) is 7.68. The highest BCUT2D eigenvalue weighted by Gasteiger charge is 2.05. The van der Waals surface area contributed by atoms with Gasteiger partial charge in [0.15, 0.2) is 0 Å². The fourth-order valence-electron chi connectivity index (χ4n) is 1.79. The van der Waals surface area contributed by atoms with Crippen LogP contribution in [0.5, 0.6) is 0 Å². The first kappa shape index (κ1) is 15.3. The first-order valence-electron chi connectivity index (χ1n) is 6.69. The fourth-order valence-corrected chi connectivity index (χ4v) is 2.82. The van der Waals surface area contributed by atoms with Gasteiger partial charge < -0.3 is 5.32 Å². The van der Waals surface area contributed by atoms with Crippen molar-refractivity contribution in [3.05, 3.63) is 41.5 Å². The summed E-state index contributed by atoms with van der Waals surface area (Å²) in [6.45, 7) is 9.77. The highest BCUT2D eigenvalue weighted by molar-refractivity contribution is 7.99. The molecule has 1 rings (SSSR count). The molecule has 0 heterocycles. The van der Waals surface area contributed by atoms with Crippen LogP contribution in [-0.4, -0.2) is 18.3 Å². The third-order valence-corrected chi connectivity index (χ3v) is 3.72. The van der Waals surface area contributed by atoms with Crippen LogP contribution < -0.4 is 5.32 Å². The van der Waals surface area contributed by atoms with Crippen LogP contribution >= 0.6 is 11.8 Å². The van der Waals surface area contributed by atoms with Gasteiger partial charge in [-0.2, -0.15) is 0 Å². The Balaban J connectivity index is 2.53. The second kappa shape index (κ2) is 8.39. The van der Waals surface area contributed by atoms with Gasteiger partial charge in [0.2, 0.25) is 0 Å². The van der Waals surface area contributed by atoms with Crippen molar-refractivity contribution in [1.82, 2.24) is 5.32 Å². The zero-order chi connectivity index (χ0) is 13.4. The number of hydrogen-bond donors (Lipinski definition) is 1. The number of allylic oxidation sites excluding steroid dienone is 1. The standard InChI is InChI=1S/C16H25NS/c1-5-9-17-15(10-13(2)3)12-18-16-8-6-7-14(4)11-16/h6-8,10-11,15,17H,5,9,12H2,1-4H3. The van der Waals surface area contributed by atoms with E-state index in [0.29, 0.717) is 6.04 Å². The Morgan fingerprint density at radius 3 is 2.78 bits per heavy atom. The van der Waals surface area contributed by atoms with Crippen LogP contribution in [0, 0.1) is 6.92 Å². The Morgan fingerprint density at radius 1 is 1.39 bits per heavy atom. The number of aryl methyl sites for hydroxylation is 1. The summed E-state index contributed by atoms with van der Waals surface area (Å²) in [6, 6.07) is 9.20. The number of rotatable bonds is 7. The van der Waals surface area contributed by atoms with Crippen molar-refractivity contribution >= 4 is 11.8 Å². The lowest BCUT2D eigenvalue weighted by Gasteiger charge is -2.15. The monoisotopic (exact) mass is 263 g/mol. The molecule has 0 aliphatic rings. The average molecular weight is 263 g/mol. The van der Waals surface area contributed by atoms with E-state index in [1.807, 2.05) is 11.8 Å². The highest BCUT2D eigenvalue weighted by atomic mass is 32.2. The van der Waals surface area contributed by atoms with Gasteiger partial charge in [0.1, 0.15) is 0 Å². The molecule has 1 unspecified atom stereocenters. The maximum absolute atomic E-state index is 3.59. The molecule has 0 fully saturated rings. The van der Waals surface area contributed by atoms with Crippen LogP contribution in [0.1, 0.15) is 32.8 Å². The summed E-state index contributed by atoms with van der Waals surface area (Å²) >= 11 is 1.93. The Morgan fingerprint density at radius 2 is 2.17 bits per heavy atom. The molecule has 1 N–H and O–H groups in total. The molecule has 0 amide bonds. The number of thioether (sulfide) groups is 1.